The van der Waals surface area contributed by atoms with Crippen molar-refractivity contribution in [2.75, 3.05) is 17.7 Å². The quantitative estimate of drug-likeness (QED) is 0.821. The maximum Gasteiger partial charge on any atom is 0.255 e. The molecule has 1 aromatic heterocycles. The van der Waals surface area contributed by atoms with Crippen molar-refractivity contribution in [1.29, 1.82) is 0 Å². The van der Waals surface area contributed by atoms with Crippen LogP contribution in [0, 0.1) is 6.92 Å². The van der Waals surface area contributed by atoms with Crippen LogP contribution in [0.2, 0.25) is 0 Å². The van der Waals surface area contributed by atoms with E-state index in [4.69, 9.17) is 10.5 Å². The predicted molar refractivity (Wildman–Crippen MR) is 105 cm³/mol. The normalized spacial score (nSPS) is 13.4. The van der Waals surface area contributed by atoms with Gasteiger partial charge in [0.05, 0.1) is 11.3 Å². The third-order valence-electron chi connectivity index (χ3n) is 3.37. The molecule has 3 N–H and O–H groups in total. The van der Waals surface area contributed by atoms with Crippen LogP contribution >= 0.6 is 23.1 Å². The van der Waals surface area contributed by atoms with Gasteiger partial charge in [0.1, 0.15) is 11.7 Å². The second-order valence-corrected chi connectivity index (χ2v) is 7.21. The number of anilines is 1. The maximum absolute atomic E-state index is 12.1. The van der Waals surface area contributed by atoms with E-state index in [0.717, 1.165) is 11.1 Å². The van der Waals surface area contributed by atoms with E-state index in [1.54, 1.807) is 11.4 Å². The topological polar surface area (TPSA) is 106 Å². The van der Waals surface area contributed by atoms with Crippen LogP contribution in [-0.2, 0) is 9.53 Å². The summed E-state index contributed by atoms with van der Waals surface area (Å²) in [5.74, 6) is -0.268. The number of primary amides is 1. The first kappa shape index (κ1) is 18.2. The fraction of sp³-hybridized carbons (Fsp3) is 0.176. The highest BCUT2D eigenvalue weighted by Gasteiger charge is 2.17. The average molecular weight is 388 g/mol. The molecule has 1 aliphatic heterocycles. The number of aliphatic imine (C=N–C) groups is 2. The Morgan fingerprint density at radius 3 is 2.96 bits per heavy atom. The summed E-state index contributed by atoms with van der Waals surface area (Å²) >= 11 is 2.41. The molecule has 9 heteroatoms. The Bertz CT molecular complexity index is 905. The third-order valence-corrected chi connectivity index (χ3v) is 5.07. The number of nitrogens with two attached hydrogens (primary N) is 1. The molecule has 0 saturated carbocycles. The Labute approximate surface area is 158 Å². The van der Waals surface area contributed by atoms with Crippen molar-refractivity contribution < 1.29 is 14.3 Å². The number of thioether (sulfide) groups is 1. The fourth-order valence-corrected chi connectivity index (χ4v) is 3.62. The van der Waals surface area contributed by atoms with Gasteiger partial charge in [0, 0.05) is 5.56 Å². The third kappa shape index (κ3) is 4.50. The highest BCUT2D eigenvalue weighted by Crippen LogP contribution is 2.23. The van der Waals surface area contributed by atoms with E-state index >= 15 is 0 Å². The summed E-state index contributed by atoms with van der Waals surface area (Å²) in [6.07, 6.45) is 0. The van der Waals surface area contributed by atoms with Gasteiger partial charge in [-0.3, -0.25) is 9.59 Å². The molecule has 3 rings (SSSR count). The number of hydrogen-bond acceptors (Lipinski definition) is 7. The zero-order valence-electron chi connectivity index (χ0n) is 13.9. The fourth-order valence-electron chi connectivity index (χ4n) is 2.20. The number of ether oxygens (including phenoxy) is 1. The minimum atomic E-state index is -0.576. The molecule has 2 amide bonds. The number of aryl methyl sites for hydroxylation is 1. The van der Waals surface area contributed by atoms with Gasteiger partial charge >= 0.3 is 0 Å². The largest absolute Gasteiger partial charge is 0.415 e. The van der Waals surface area contributed by atoms with Gasteiger partial charge in [-0.25, -0.2) is 9.98 Å². The van der Waals surface area contributed by atoms with Crippen LogP contribution in [0.4, 0.5) is 5.00 Å². The maximum atomic E-state index is 12.1. The average Bonchev–Trinajstić information content (AvgIpc) is 3.08. The Hall–Kier alpha value is -2.65. The molecule has 0 atom stereocenters. The Balaban J connectivity index is 1.55. The smallest absolute Gasteiger partial charge is 0.255 e. The lowest BCUT2D eigenvalue weighted by Gasteiger charge is -2.14. The lowest BCUT2D eigenvalue weighted by molar-refractivity contribution is -0.113. The second kappa shape index (κ2) is 8.15. The monoisotopic (exact) mass is 388 g/mol. The van der Waals surface area contributed by atoms with Crippen molar-refractivity contribution in [3.8, 4) is 0 Å². The number of carbonyl (C=O) groups excluding carboxylic acids is 2. The van der Waals surface area contributed by atoms with E-state index in [0.29, 0.717) is 21.7 Å². The van der Waals surface area contributed by atoms with Crippen LogP contribution in [0.3, 0.4) is 0 Å². The van der Waals surface area contributed by atoms with Crippen LogP contribution in [0.1, 0.15) is 21.5 Å². The van der Waals surface area contributed by atoms with Crippen LogP contribution < -0.4 is 11.1 Å². The van der Waals surface area contributed by atoms with Crippen LogP contribution in [-0.4, -0.2) is 35.4 Å². The van der Waals surface area contributed by atoms with Crippen molar-refractivity contribution in [2.24, 2.45) is 15.7 Å². The SMILES string of the molecule is Cc1cccc(C2=NCN=C(SCC(=O)Nc3sccc3C(N)=O)O2)c1. The van der Waals surface area contributed by atoms with E-state index in [1.807, 2.05) is 31.2 Å². The summed E-state index contributed by atoms with van der Waals surface area (Å²) in [4.78, 5) is 31.8. The molecule has 0 radical (unpaired) electrons. The number of nitrogens with zero attached hydrogens (tertiary/aromatic N) is 2. The van der Waals surface area contributed by atoms with Crippen LogP contribution in [0.5, 0.6) is 0 Å². The lowest BCUT2D eigenvalue weighted by Crippen LogP contribution is -2.21. The summed E-state index contributed by atoms with van der Waals surface area (Å²) in [7, 11) is 0. The summed E-state index contributed by atoms with van der Waals surface area (Å²) in [5.41, 5.74) is 7.54. The first-order valence-corrected chi connectivity index (χ1v) is 9.53. The molecule has 0 aliphatic carbocycles. The van der Waals surface area contributed by atoms with E-state index < -0.39 is 5.91 Å². The van der Waals surface area contributed by atoms with Gasteiger partial charge < -0.3 is 15.8 Å². The molecule has 7 nitrogen and oxygen atoms in total. The van der Waals surface area contributed by atoms with Crippen molar-refractivity contribution in [1.82, 2.24) is 0 Å². The number of carbonyl (C=O) groups is 2. The number of benzene rings is 1. The first-order chi connectivity index (χ1) is 12.5. The van der Waals surface area contributed by atoms with Gasteiger partial charge in [0.15, 0.2) is 0 Å². The van der Waals surface area contributed by atoms with Crippen molar-refractivity contribution >= 4 is 51.0 Å². The molecule has 0 saturated heterocycles. The Kier molecular flexibility index (Phi) is 5.69. The Morgan fingerprint density at radius 2 is 2.19 bits per heavy atom. The highest BCUT2D eigenvalue weighted by molar-refractivity contribution is 8.14. The first-order valence-electron chi connectivity index (χ1n) is 7.66. The van der Waals surface area contributed by atoms with Crippen LogP contribution in [0.25, 0.3) is 0 Å². The molecule has 2 heterocycles. The summed E-state index contributed by atoms with van der Waals surface area (Å²) in [6, 6.07) is 9.38. The number of rotatable bonds is 5. The lowest BCUT2D eigenvalue weighted by atomic mass is 10.1. The predicted octanol–water partition coefficient (Wildman–Crippen LogP) is 2.62. The Morgan fingerprint density at radius 1 is 1.35 bits per heavy atom. The van der Waals surface area contributed by atoms with E-state index in [-0.39, 0.29) is 18.3 Å². The minimum Gasteiger partial charge on any atom is -0.415 e. The van der Waals surface area contributed by atoms with E-state index in [1.165, 1.54) is 23.1 Å². The zero-order chi connectivity index (χ0) is 18.5. The summed E-state index contributed by atoms with van der Waals surface area (Å²) in [6.45, 7) is 2.25. The van der Waals surface area contributed by atoms with Gasteiger partial charge in [-0.15, -0.1) is 11.3 Å². The molecule has 0 bridgehead atoms. The van der Waals surface area contributed by atoms with Crippen LogP contribution in [0.15, 0.2) is 45.7 Å². The second-order valence-electron chi connectivity index (χ2n) is 5.36. The standard InChI is InChI=1S/C17H16N4O3S2/c1-10-3-2-4-11(7-10)15-19-9-20-17(24-15)26-8-13(22)21-16-12(14(18)23)5-6-25-16/h2-7H,8-9H2,1H3,(H2,18,23)(H,21,22). The highest BCUT2D eigenvalue weighted by atomic mass is 32.2. The van der Waals surface area contributed by atoms with Gasteiger partial charge in [-0.2, -0.15) is 0 Å². The molecular formula is C17H16N4O3S2. The number of amides is 2. The summed E-state index contributed by atoms with van der Waals surface area (Å²) < 4.78 is 5.69. The number of thiophene rings is 1. The molecular weight excluding hydrogens is 372 g/mol. The summed E-state index contributed by atoms with van der Waals surface area (Å²) in [5, 5.41) is 5.20. The number of hydrogen-bond donors (Lipinski definition) is 2. The molecule has 1 aliphatic rings. The van der Waals surface area contributed by atoms with Crippen molar-refractivity contribution in [3.63, 3.8) is 0 Å². The van der Waals surface area contributed by atoms with Gasteiger partial charge in [-0.1, -0.05) is 29.5 Å². The zero-order valence-corrected chi connectivity index (χ0v) is 15.5. The van der Waals surface area contributed by atoms with E-state index in [2.05, 4.69) is 15.3 Å². The molecule has 134 valence electrons. The van der Waals surface area contributed by atoms with Crippen molar-refractivity contribution in [3.05, 3.63) is 52.4 Å². The molecule has 26 heavy (non-hydrogen) atoms. The minimum absolute atomic E-state index is 0.0933. The number of nitrogens with one attached hydrogen (secondary N) is 1. The van der Waals surface area contributed by atoms with E-state index in [9.17, 15) is 9.59 Å². The molecule has 1 aromatic carbocycles. The van der Waals surface area contributed by atoms with Gasteiger partial charge in [-0.05, 0) is 30.5 Å². The van der Waals surface area contributed by atoms with Crippen molar-refractivity contribution in [2.45, 2.75) is 6.92 Å². The molecule has 2 aromatic rings. The van der Waals surface area contributed by atoms with Gasteiger partial charge in [0.25, 0.3) is 11.1 Å². The molecule has 0 spiro atoms. The van der Waals surface area contributed by atoms with Gasteiger partial charge in [0.2, 0.25) is 11.8 Å². The molecule has 0 unspecified atom stereocenters. The molecule has 0 fully saturated rings.